The lowest BCUT2D eigenvalue weighted by Gasteiger charge is -2.31. The zero-order chi connectivity index (χ0) is 15.6. The summed E-state index contributed by atoms with van der Waals surface area (Å²) in [6, 6.07) is 0. The van der Waals surface area contributed by atoms with Crippen molar-refractivity contribution in [2.24, 2.45) is 0 Å². The average molecular weight is 293 g/mol. The van der Waals surface area contributed by atoms with Crippen molar-refractivity contribution in [3.63, 3.8) is 0 Å². The highest BCUT2D eigenvalue weighted by Crippen LogP contribution is 2.26. The molecule has 0 fully saturated rings. The van der Waals surface area contributed by atoms with Crippen LogP contribution in [0.1, 0.15) is 45.9 Å². The molecule has 6 heteroatoms. The molecule has 0 unspecified atom stereocenters. The SMILES string of the molecule is CC(C)Oc1ncnc2c1CN(C(=O)OC(C)(C)C)CC2. The fourth-order valence-corrected chi connectivity index (χ4v) is 2.12. The Morgan fingerprint density at radius 1 is 1.33 bits per heavy atom. The minimum Gasteiger partial charge on any atom is -0.475 e. The summed E-state index contributed by atoms with van der Waals surface area (Å²) in [7, 11) is 0. The molecule has 1 amide bonds. The van der Waals surface area contributed by atoms with Crippen molar-refractivity contribution in [3.8, 4) is 5.88 Å². The van der Waals surface area contributed by atoms with Crippen LogP contribution in [0.25, 0.3) is 0 Å². The van der Waals surface area contributed by atoms with Gasteiger partial charge in [-0.25, -0.2) is 14.8 Å². The summed E-state index contributed by atoms with van der Waals surface area (Å²) in [4.78, 5) is 22.3. The van der Waals surface area contributed by atoms with Crippen LogP contribution in [-0.4, -0.2) is 39.2 Å². The van der Waals surface area contributed by atoms with Gasteiger partial charge in [-0.15, -0.1) is 0 Å². The third-order valence-electron chi connectivity index (χ3n) is 2.96. The van der Waals surface area contributed by atoms with Gasteiger partial charge < -0.3 is 14.4 Å². The maximum atomic E-state index is 12.2. The molecule has 0 aromatic carbocycles. The van der Waals surface area contributed by atoms with Gasteiger partial charge in [-0.2, -0.15) is 0 Å². The summed E-state index contributed by atoms with van der Waals surface area (Å²) < 4.78 is 11.1. The van der Waals surface area contributed by atoms with Crippen LogP contribution in [0.2, 0.25) is 0 Å². The highest BCUT2D eigenvalue weighted by molar-refractivity contribution is 5.68. The molecule has 1 aromatic rings. The van der Waals surface area contributed by atoms with Crippen molar-refractivity contribution in [1.82, 2.24) is 14.9 Å². The average Bonchev–Trinajstić information content (AvgIpc) is 2.36. The molecular formula is C15H23N3O3. The predicted molar refractivity (Wildman–Crippen MR) is 78.1 cm³/mol. The molecule has 0 N–H and O–H groups in total. The monoisotopic (exact) mass is 293 g/mol. The van der Waals surface area contributed by atoms with E-state index in [0.29, 0.717) is 25.4 Å². The molecule has 1 aliphatic rings. The minimum atomic E-state index is -0.498. The molecule has 2 rings (SSSR count). The number of amides is 1. The smallest absolute Gasteiger partial charge is 0.410 e. The van der Waals surface area contributed by atoms with E-state index in [-0.39, 0.29) is 12.2 Å². The first-order chi connectivity index (χ1) is 9.76. The minimum absolute atomic E-state index is 0.0286. The fraction of sp³-hybridized carbons (Fsp3) is 0.667. The van der Waals surface area contributed by atoms with E-state index < -0.39 is 5.60 Å². The Morgan fingerprint density at radius 2 is 2.05 bits per heavy atom. The predicted octanol–water partition coefficient (Wildman–Crippen LogP) is 2.56. The quantitative estimate of drug-likeness (QED) is 0.838. The molecule has 0 bridgehead atoms. The van der Waals surface area contributed by atoms with Gasteiger partial charge in [-0.3, -0.25) is 0 Å². The Labute approximate surface area is 125 Å². The molecule has 0 radical (unpaired) electrons. The Morgan fingerprint density at radius 3 is 2.67 bits per heavy atom. The van der Waals surface area contributed by atoms with Gasteiger partial charge in [0.2, 0.25) is 5.88 Å². The summed E-state index contributed by atoms with van der Waals surface area (Å²) in [6.07, 6.45) is 1.92. The van der Waals surface area contributed by atoms with E-state index in [1.165, 1.54) is 6.33 Å². The Kier molecular flexibility index (Phi) is 4.34. The van der Waals surface area contributed by atoms with Gasteiger partial charge in [0.25, 0.3) is 0 Å². The molecule has 116 valence electrons. The van der Waals surface area contributed by atoms with E-state index in [0.717, 1.165) is 11.3 Å². The van der Waals surface area contributed by atoms with E-state index in [2.05, 4.69) is 9.97 Å². The molecule has 0 atom stereocenters. The standard InChI is InChI=1S/C15H23N3O3/c1-10(2)20-13-11-8-18(14(19)21-15(3,4)5)7-6-12(11)16-9-17-13/h9-10H,6-8H2,1-5H3. The van der Waals surface area contributed by atoms with Crippen molar-refractivity contribution < 1.29 is 14.3 Å². The molecule has 1 aromatic heterocycles. The highest BCUT2D eigenvalue weighted by Gasteiger charge is 2.28. The van der Waals surface area contributed by atoms with Crippen LogP contribution in [0, 0.1) is 0 Å². The van der Waals surface area contributed by atoms with Crippen LogP contribution in [0.5, 0.6) is 5.88 Å². The summed E-state index contributed by atoms with van der Waals surface area (Å²) in [5.41, 5.74) is 1.32. The number of ether oxygens (including phenoxy) is 2. The molecule has 0 aliphatic carbocycles. The summed E-state index contributed by atoms with van der Waals surface area (Å²) in [5, 5.41) is 0. The third-order valence-corrected chi connectivity index (χ3v) is 2.96. The number of fused-ring (bicyclic) bond motifs is 1. The van der Waals surface area contributed by atoms with Crippen molar-refractivity contribution in [1.29, 1.82) is 0 Å². The molecule has 0 saturated carbocycles. The van der Waals surface area contributed by atoms with E-state index >= 15 is 0 Å². The van der Waals surface area contributed by atoms with Gasteiger partial charge in [0.05, 0.1) is 23.9 Å². The first kappa shape index (κ1) is 15.5. The summed E-state index contributed by atoms with van der Waals surface area (Å²) >= 11 is 0. The fourth-order valence-electron chi connectivity index (χ4n) is 2.12. The number of nitrogens with zero attached hydrogens (tertiary/aromatic N) is 3. The molecule has 21 heavy (non-hydrogen) atoms. The molecule has 1 aliphatic heterocycles. The molecular weight excluding hydrogens is 270 g/mol. The Hall–Kier alpha value is -1.85. The van der Waals surface area contributed by atoms with Crippen LogP contribution in [-0.2, 0) is 17.7 Å². The van der Waals surface area contributed by atoms with E-state index in [9.17, 15) is 4.79 Å². The second-order valence-corrected chi connectivity index (χ2v) is 6.42. The Bertz CT molecular complexity index is 523. The van der Waals surface area contributed by atoms with Crippen LogP contribution in [0.4, 0.5) is 4.79 Å². The molecule has 0 spiro atoms. The first-order valence-corrected chi connectivity index (χ1v) is 7.23. The van der Waals surface area contributed by atoms with Crippen molar-refractivity contribution >= 4 is 6.09 Å². The number of hydrogen-bond acceptors (Lipinski definition) is 5. The lowest BCUT2D eigenvalue weighted by molar-refractivity contribution is 0.0220. The maximum Gasteiger partial charge on any atom is 0.410 e. The largest absolute Gasteiger partial charge is 0.475 e. The van der Waals surface area contributed by atoms with Gasteiger partial charge in [0, 0.05) is 13.0 Å². The highest BCUT2D eigenvalue weighted by atomic mass is 16.6. The van der Waals surface area contributed by atoms with Crippen molar-refractivity contribution in [2.75, 3.05) is 6.54 Å². The zero-order valence-corrected chi connectivity index (χ0v) is 13.3. The topological polar surface area (TPSA) is 64.6 Å². The van der Waals surface area contributed by atoms with Crippen molar-refractivity contribution in [2.45, 2.75) is 59.3 Å². The summed E-state index contributed by atoms with van der Waals surface area (Å²) in [6.45, 7) is 10.5. The number of carbonyl (C=O) groups is 1. The van der Waals surface area contributed by atoms with E-state index in [1.54, 1.807) is 4.90 Å². The lowest BCUT2D eigenvalue weighted by Crippen LogP contribution is -2.40. The van der Waals surface area contributed by atoms with Crippen LogP contribution >= 0.6 is 0 Å². The third kappa shape index (κ3) is 4.06. The maximum absolute atomic E-state index is 12.2. The number of aromatic nitrogens is 2. The van der Waals surface area contributed by atoms with E-state index in [1.807, 2.05) is 34.6 Å². The molecule has 2 heterocycles. The van der Waals surface area contributed by atoms with Crippen molar-refractivity contribution in [3.05, 3.63) is 17.6 Å². The number of hydrogen-bond donors (Lipinski definition) is 0. The normalized spacial score (nSPS) is 14.9. The van der Waals surface area contributed by atoms with Gasteiger partial charge in [0.1, 0.15) is 11.9 Å². The van der Waals surface area contributed by atoms with Gasteiger partial charge >= 0.3 is 6.09 Å². The van der Waals surface area contributed by atoms with Crippen LogP contribution < -0.4 is 4.74 Å². The van der Waals surface area contributed by atoms with Crippen LogP contribution in [0.15, 0.2) is 6.33 Å². The second-order valence-electron chi connectivity index (χ2n) is 6.42. The van der Waals surface area contributed by atoms with Crippen LogP contribution in [0.3, 0.4) is 0 Å². The number of carbonyl (C=O) groups excluding carboxylic acids is 1. The summed E-state index contributed by atoms with van der Waals surface area (Å²) in [5.74, 6) is 0.559. The molecule has 6 nitrogen and oxygen atoms in total. The van der Waals surface area contributed by atoms with Gasteiger partial charge in [0.15, 0.2) is 0 Å². The number of rotatable bonds is 2. The zero-order valence-electron chi connectivity index (χ0n) is 13.3. The van der Waals surface area contributed by atoms with Gasteiger partial charge in [-0.1, -0.05) is 0 Å². The molecule has 0 saturated heterocycles. The Balaban J connectivity index is 2.17. The lowest BCUT2D eigenvalue weighted by atomic mass is 10.1. The van der Waals surface area contributed by atoms with E-state index in [4.69, 9.17) is 9.47 Å². The van der Waals surface area contributed by atoms with Gasteiger partial charge in [-0.05, 0) is 34.6 Å². The second kappa shape index (κ2) is 5.87. The first-order valence-electron chi connectivity index (χ1n) is 7.23.